The summed E-state index contributed by atoms with van der Waals surface area (Å²) in [6.07, 6.45) is 2.48. The van der Waals surface area contributed by atoms with Gasteiger partial charge in [0.05, 0.1) is 6.42 Å². The topological polar surface area (TPSA) is 29.1 Å². The Morgan fingerprint density at radius 2 is 1.88 bits per heavy atom. The van der Waals surface area contributed by atoms with Gasteiger partial charge in [-0.3, -0.25) is 4.79 Å². The number of carbonyl (C=O) groups is 1. The first-order chi connectivity index (χ1) is 8.06. The Hall–Kier alpha value is -1.31. The molecule has 0 aliphatic heterocycles. The summed E-state index contributed by atoms with van der Waals surface area (Å²) in [6, 6.07) is 6.57. The predicted octanol–water partition coefficient (Wildman–Crippen LogP) is 3.15. The molecule has 0 spiro atoms. The van der Waals surface area contributed by atoms with E-state index in [2.05, 4.69) is 51.2 Å². The van der Waals surface area contributed by atoms with E-state index < -0.39 is 0 Å². The lowest BCUT2D eigenvalue weighted by molar-refractivity contribution is -0.121. The minimum atomic E-state index is 0.132. The number of carbonyl (C=O) groups excluding carboxylic acids is 1. The lowest BCUT2D eigenvalue weighted by atomic mass is 10.0. The number of hydrogen-bond acceptors (Lipinski definition) is 1. The van der Waals surface area contributed by atoms with E-state index in [1.54, 1.807) is 0 Å². The third-order valence-electron chi connectivity index (χ3n) is 3.21. The second-order valence-corrected chi connectivity index (χ2v) is 4.69. The molecule has 2 heteroatoms. The van der Waals surface area contributed by atoms with Crippen molar-refractivity contribution in [2.45, 2.75) is 53.0 Å². The minimum absolute atomic E-state index is 0.132. The van der Waals surface area contributed by atoms with E-state index in [0.717, 1.165) is 18.4 Å². The monoisotopic (exact) mass is 233 g/mol. The number of rotatable bonds is 5. The van der Waals surface area contributed by atoms with Gasteiger partial charge in [0.15, 0.2) is 0 Å². The van der Waals surface area contributed by atoms with Crippen LogP contribution in [0.4, 0.5) is 0 Å². The zero-order valence-electron chi connectivity index (χ0n) is 11.3. The molecule has 17 heavy (non-hydrogen) atoms. The van der Waals surface area contributed by atoms with Gasteiger partial charge in [-0.05, 0) is 37.8 Å². The van der Waals surface area contributed by atoms with Gasteiger partial charge in [-0.25, -0.2) is 0 Å². The zero-order chi connectivity index (χ0) is 12.8. The lowest BCUT2D eigenvalue weighted by Crippen LogP contribution is -2.35. The van der Waals surface area contributed by atoms with Crippen molar-refractivity contribution in [1.82, 2.24) is 5.32 Å². The number of aryl methyl sites for hydroxylation is 2. The van der Waals surface area contributed by atoms with Crippen molar-refractivity contribution in [3.05, 3.63) is 34.9 Å². The second-order valence-electron chi connectivity index (χ2n) is 4.69. The molecule has 0 saturated carbocycles. The first-order valence-electron chi connectivity index (χ1n) is 6.42. The summed E-state index contributed by atoms with van der Waals surface area (Å²) < 4.78 is 0. The van der Waals surface area contributed by atoms with Gasteiger partial charge in [0.25, 0.3) is 0 Å². The minimum Gasteiger partial charge on any atom is -0.353 e. The van der Waals surface area contributed by atoms with E-state index in [4.69, 9.17) is 0 Å². The van der Waals surface area contributed by atoms with Crippen molar-refractivity contribution in [2.75, 3.05) is 0 Å². The van der Waals surface area contributed by atoms with Crippen LogP contribution in [0.3, 0.4) is 0 Å². The molecule has 94 valence electrons. The van der Waals surface area contributed by atoms with E-state index in [1.165, 1.54) is 11.1 Å². The van der Waals surface area contributed by atoms with E-state index in [9.17, 15) is 4.79 Å². The highest BCUT2D eigenvalue weighted by Gasteiger charge is 2.10. The first-order valence-corrected chi connectivity index (χ1v) is 6.42. The van der Waals surface area contributed by atoms with Crippen molar-refractivity contribution in [3.63, 3.8) is 0 Å². The van der Waals surface area contributed by atoms with Crippen LogP contribution in [0.1, 0.15) is 43.4 Å². The molecule has 1 aromatic rings. The van der Waals surface area contributed by atoms with E-state index >= 15 is 0 Å². The molecule has 0 fully saturated rings. The van der Waals surface area contributed by atoms with Crippen LogP contribution in [0.5, 0.6) is 0 Å². The molecule has 0 aliphatic carbocycles. The Kier molecular flexibility index (Phi) is 5.20. The molecule has 0 saturated heterocycles. The van der Waals surface area contributed by atoms with Crippen LogP contribution in [0.2, 0.25) is 0 Å². The van der Waals surface area contributed by atoms with Gasteiger partial charge >= 0.3 is 0 Å². The molecule has 2 nitrogen and oxygen atoms in total. The maximum atomic E-state index is 11.9. The van der Waals surface area contributed by atoms with Crippen LogP contribution in [-0.2, 0) is 11.2 Å². The third kappa shape index (κ3) is 4.22. The van der Waals surface area contributed by atoms with Crippen LogP contribution in [0, 0.1) is 13.8 Å². The number of amides is 1. The van der Waals surface area contributed by atoms with Crippen molar-refractivity contribution >= 4 is 5.91 Å². The van der Waals surface area contributed by atoms with Crippen LogP contribution >= 0.6 is 0 Å². The molecule has 0 aliphatic rings. The molecule has 0 unspecified atom stereocenters. The fraction of sp³-hybridized carbons (Fsp3) is 0.533. The first kappa shape index (κ1) is 13.8. The Bertz CT molecular complexity index is 381. The van der Waals surface area contributed by atoms with Crippen molar-refractivity contribution < 1.29 is 4.79 Å². The van der Waals surface area contributed by atoms with Crippen LogP contribution in [-0.4, -0.2) is 11.9 Å². The van der Waals surface area contributed by atoms with Crippen molar-refractivity contribution in [2.24, 2.45) is 0 Å². The summed E-state index contributed by atoms with van der Waals surface area (Å²) in [7, 11) is 0. The largest absolute Gasteiger partial charge is 0.353 e. The molecule has 0 aromatic heterocycles. The highest BCUT2D eigenvalue weighted by molar-refractivity contribution is 5.79. The smallest absolute Gasteiger partial charge is 0.224 e. The Morgan fingerprint density at radius 3 is 2.47 bits per heavy atom. The van der Waals surface area contributed by atoms with Gasteiger partial charge in [-0.2, -0.15) is 0 Å². The van der Waals surface area contributed by atoms with Gasteiger partial charge in [0, 0.05) is 6.04 Å². The molecule has 1 rings (SSSR count). The van der Waals surface area contributed by atoms with Gasteiger partial charge < -0.3 is 5.32 Å². The Labute approximate surface area is 104 Å². The molecule has 0 atom stereocenters. The van der Waals surface area contributed by atoms with Crippen molar-refractivity contribution in [3.8, 4) is 0 Å². The molecule has 1 amide bonds. The maximum absolute atomic E-state index is 11.9. The van der Waals surface area contributed by atoms with Crippen LogP contribution in [0.15, 0.2) is 18.2 Å². The molecule has 0 heterocycles. The molecule has 1 N–H and O–H groups in total. The molecular formula is C15H23NO. The Balaban J connectivity index is 2.64. The number of benzene rings is 1. The van der Waals surface area contributed by atoms with Crippen LogP contribution < -0.4 is 5.32 Å². The number of hydrogen-bond donors (Lipinski definition) is 1. The van der Waals surface area contributed by atoms with Gasteiger partial charge in [-0.15, -0.1) is 0 Å². The van der Waals surface area contributed by atoms with Crippen LogP contribution in [0.25, 0.3) is 0 Å². The van der Waals surface area contributed by atoms with Gasteiger partial charge in [-0.1, -0.05) is 37.6 Å². The Morgan fingerprint density at radius 1 is 1.24 bits per heavy atom. The molecule has 1 aromatic carbocycles. The standard InChI is InChI=1S/C15H23NO/c1-5-14(6-2)16-15(17)10-13-9-11(3)7-8-12(13)4/h7-9,14H,5-6,10H2,1-4H3,(H,16,17). The van der Waals surface area contributed by atoms with Crippen molar-refractivity contribution in [1.29, 1.82) is 0 Å². The lowest BCUT2D eigenvalue weighted by Gasteiger charge is -2.15. The SMILES string of the molecule is CCC(CC)NC(=O)Cc1cc(C)ccc1C. The fourth-order valence-electron chi connectivity index (χ4n) is 1.94. The fourth-order valence-corrected chi connectivity index (χ4v) is 1.94. The molecule has 0 radical (unpaired) electrons. The zero-order valence-corrected chi connectivity index (χ0v) is 11.3. The quantitative estimate of drug-likeness (QED) is 0.831. The molecule has 0 bridgehead atoms. The maximum Gasteiger partial charge on any atom is 0.224 e. The average Bonchev–Trinajstić information content (AvgIpc) is 2.31. The summed E-state index contributed by atoms with van der Waals surface area (Å²) in [6.45, 7) is 8.32. The van der Waals surface area contributed by atoms with Gasteiger partial charge in [0.2, 0.25) is 5.91 Å². The summed E-state index contributed by atoms with van der Waals surface area (Å²) in [5, 5.41) is 3.07. The highest BCUT2D eigenvalue weighted by Crippen LogP contribution is 2.11. The van der Waals surface area contributed by atoms with E-state index in [1.807, 2.05) is 0 Å². The highest BCUT2D eigenvalue weighted by atomic mass is 16.1. The second kappa shape index (κ2) is 6.43. The molecular weight excluding hydrogens is 210 g/mol. The summed E-state index contributed by atoms with van der Waals surface area (Å²) in [5.41, 5.74) is 3.53. The average molecular weight is 233 g/mol. The predicted molar refractivity (Wildman–Crippen MR) is 72.1 cm³/mol. The summed E-state index contributed by atoms with van der Waals surface area (Å²) in [5.74, 6) is 0.132. The summed E-state index contributed by atoms with van der Waals surface area (Å²) in [4.78, 5) is 11.9. The van der Waals surface area contributed by atoms with E-state index in [0.29, 0.717) is 12.5 Å². The third-order valence-corrected chi connectivity index (χ3v) is 3.21. The van der Waals surface area contributed by atoms with E-state index in [-0.39, 0.29) is 5.91 Å². The summed E-state index contributed by atoms with van der Waals surface area (Å²) >= 11 is 0. The normalized spacial score (nSPS) is 10.6. The van der Waals surface area contributed by atoms with Gasteiger partial charge in [0.1, 0.15) is 0 Å². The number of nitrogens with one attached hydrogen (secondary N) is 1.